The number of carbonyl (C=O) groups is 2. The summed E-state index contributed by atoms with van der Waals surface area (Å²) >= 11 is 12.3. The molecule has 0 radical (unpaired) electrons. The summed E-state index contributed by atoms with van der Waals surface area (Å²) in [7, 11) is 0. The van der Waals surface area contributed by atoms with E-state index in [1.54, 1.807) is 12.1 Å². The largest absolute Gasteiger partial charge is 0.294 e. The van der Waals surface area contributed by atoms with Gasteiger partial charge in [-0.1, -0.05) is 35.3 Å². The van der Waals surface area contributed by atoms with Gasteiger partial charge in [0.1, 0.15) is 0 Å². The molecule has 1 aliphatic carbocycles. The Bertz CT molecular complexity index is 1060. The van der Waals surface area contributed by atoms with E-state index in [2.05, 4.69) is 0 Å². The highest BCUT2D eigenvalue weighted by molar-refractivity contribution is 6.34. The molecule has 0 fully saturated rings. The zero-order valence-corrected chi connectivity index (χ0v) is 16.7. The summed E-state index contributed by atoms with van der Waals surface area (Å²) in [5.74, 6) is -0.522. The van der Waals surface area contributed by atoms with Crippen LogP contribution in [0.4, 0.5) is 11.4 Å². The van der Waals surface area contributed by atoms with Crippen LogP contribution in [-0.4, -0.2) is 16.6 Å². The number of nitro benzene ring substituents is 1. The average molecular weight is 431 g/mol. The number of Topliss-reactive ketones (excluding diaryl/α,β-unsaturated/α-hetero) is 1. The average Bonchev–Trinajstić information content (AvgIpc) is 2.68. The van der Waals surface area contributed by atoms with Gasteiger partial charge < -0.3 is 0 Å². The first-order valence-electron chi connectivity index (χ1n) is 9.15. The summed E-state index contributed by atoms with van der Waals surface area (Å²) in [6, 6.07) is 11.2. The fraction of sp³-hybridized carbons (Fsp3) is 0.238. The van der Waals surface area contributed by atoms with E-state index in [0.29, 0.717) is 41.2 Å². The first kappa shape index (κ1) is 19.6. The van der Waals surface area contributed by atoms with E-state index in [1.807, 2.05) is 12.1 Å². The zero-order valence-electron chi connectivity index (χ0n) is 15.2. The number of benzene rings is 2. The van der Waals surface area contributed by atoms with Crippen LogP contribution >= 0.6 is 23.2 Å². The van der Waals surface area contributed by atoms with Crippen molar-refractivity contribution in [2.75, 3.05) is 4.90 Å². The van der Waals surface area contributed by atoms with Crippen LogP contribution in [0.2, 0.25) is 10.0 Å². The molecule has 6 nitrogen and oxygen atoms in total. The highest BCUT2D eigenvalue weighted by Crippen LogP contribution is 2.45. The van der Waals surface area contributed by atoms with Crippen molar-refractivity contribution < 1.29 is 14.5 Å². The Kier molecular flexibility index (Phi) is 5.15. The number of anilines is 1. The number of nitrogens with zero attached hydrogens (tertiary/aromatic N) is 2. The van der Waals surface area contributed by atoms with Crippen molar-refractivity contribution in [1.29, 1.82) is 0 Å². The summed E-state index contributed by atoms with van der Waals surface area (Å²) in [4.78, 5) is 37.9. The normalized spacial score (nSPS) is 19.4. The van der Waals surface area contributed by atoms with Crippen LogP contribution in [0.1, 0.15) is 37.2 Å². The molecule has 0 bridgehead atoms. The van der Waals surface area contributed by atoms with Crippen LogP contribution in [0.15, 0.2) is 53.7 Å². The highest BCUT2D eigenvalue weighted by atomic mass is 35.5. The van der Waals surface area contributed by atoms with Crippen molar-refractivity contribution in [3.63, 3.8) is 0 Å². The fourth-order valence-corrected chi connectivity index (χ4v) is 4.43. The van der Waals surface area contributed by atoms with Gasteiger partial charge in [0.15, 0.2) is 5.78 Å². The van der Waals surface area contributed by atoms with Crippen LogP contribution in [-0.2, 0) is 9.59 Å². The Morgan fingerprint density at radius 1 is 1.03 bits per heavy atom. The van der Waals surface area contributed by atoms with Gasteiger partial charge in [-0.3, -0.25) is 24.6 Å². The minimum absolute atomic E-state index is 0.0155. The highest BCUT2D eigenvalue weighted by Gasteiger charge is 2.40. The minimum Gasteiger partial charge on any atom is -0.294 e. The van der Waals surface area contributed by atoms with Crippen LogP contribution in [0.3, 0.4) is 0 Å². The zero-order chi connectivity index (χ0) is 20.7. The van der Waals surface area contributed by atoms with Crippen LogP contribution in [0.5, 0.6) is 0 Å². The Balaban J connectivity index is 1.84. The molecule has 4 rings (SSSR count). The number of ketones is 1. The van der Waals surface area contributed by atoms with E-state index >= 15 is 0 Å². The molecule has 0 N–H and O–H groups in total. The lowest BCUT2D eigenvalue weighted by Gasteiger charge is -2.38. The number of nitro groups is 1. The molecule has 0 spiro atoms. The molecule has 2 aromatic rings. The van der Waals surface area contributed by atoms with Crippen molar-refractivity contribution in [2.24, 2.45) is 0 Å². The second-order valence-corrected chi connectivity index (χ2v) is 7.91. The second kappa shape index (κ2) is 7.61. The Morgan fingerprint density at radius 2 is 1.76 bits per heavy atom. The summed E-state index contributed by atoms with van der Waals surface area (Å²) in [5, 5.41) is 11.7. The summed E-state index contributed by atoms with van der Waals surface area (Å²) in [6.45, 7) is 0. The quantitative estimate of drug-likeness (QED) is 0.480. The number of rotatable bonds is 3. The summed E-state index contributed by atoms with van der Waals surface area (Å²) in [5.41, 5.74) is 2.32. The molecule has 0 saturated carbocycles. The molecule has 1 atom stereocenters. The molecular formula is C21H16Cl2N2O4. The lowest BCUT2D eigenvalue weighted by atomic mass is 9.77. The van der Waals surface area contributed by atoms with E-state index in [9.17, 15) is 19.7 Å². The van der Waals surface area contributed by atoms with E-state index in [4.69, 9.17) is 23.2 Å². The molecule has 1 amide bonds. The molecule has 8 heteroatoms. The molecule has 148 valence electrons. The number of hydrogen-bond donors (Lipinski definition) is 0. The van der Waals surface area contributed by atoms with E-state index in [1.165, 1.54) is 23.1 Å². The van der Waals surface area contributed by atoms with Crippen molar-refractivity contribution >= 4 is 46.3 Å². The Labute approximate surface area is 176 Å². The molecule has 2 aliphatic rings. The lowest BCUT2D eigenvalue weighted by Crippen LogP contribution is -2.40. The standard InChI is InChI=1S/C21H16Cl2N2O4/c22-13-6-4-12(5-7-13)15-11-20(27)24(18-2-1-3-19(26)21(15)18)17-9-8-14(25(28)29)10-16(17)23/h4-10,15H,1-3,11H2. The smallest absolute Gasteiger partial charge is 0.271 e. The Morgan fingerprint density at radius 3 is 2.41 bits per heavy atom. The van der Waals surface area contributed by atoms with Crippen LogP contribution < -0.4 is 4.90 Å². The van der Waals surface area contributed by atoms with Crippen molar-refractivity contribution in [3.8, 4) is 0 Å². The SMILES string of the molecule is O=C1CCCC2=C1C(c1ccc(Cl)cc1)CC(=O)N2c1ccc([N+](=O)[O-])cc1Cl. The molecule has 1 aliphatic heterocycles. The number of allylic oxidation sites excluding steroid dienone is 2. The maximum atomic E-state index is 13.1. The summed E-state index contributed by atoms with van der Waals surface area (Å²) in [6.07, 6.45) is 1.74. The lowest BCUT2D eigenvalue weighted by molar-refractivity contribution is -0.384. The minimum atomic E-state index is -0.543. The molecule has 29 heavy (non-hydrogen) atoms. The third-order valence-corrected chi connectivity index (χ3v) is 5.89. The van der Waals surface area contributed by atoms with E-state index in [-0.39, 0.29) is 34.7 Å². The van der Waals surface area contributed by atoms with Crippen molar-refractivity contribution in [2.45, 2.75) is 31.6 Å². The van der Waals surface area contributed by atoms with Gasteiger partial charge in [-0.15, -0.1) is 0 Å². The van der Waals surface area contributed by atoms with Gasteiger partial charge in [0.25, 0.3) is 5.69 Å². The van der Waals surface area contributed by atoms with Crippen molar-refractivity contribution in [1.82, 2.24) is 0 Å². The van der Waals surface area contributed by atoms with Crippen LogP contribution in [0.25, 0.3) is 0 Å². The number of non-ortho nitro benzene ring substituents is 1. The van der Waals surface area contributed by atoms with Gasteiger partial charge in [-0.25, -0.2) is 0 Å². The van der Waals surface area contributed by atoms with Gasteiger partial charge in [-0.05, 0) is 36.6 Å². The first-order valence-corrected chi connectivity index (χ1v) is 9.91. The first-order chi connectivity index (χ1) is 13.9. The predicted molar refractivity (Wildman–Crippen MR) is 110 cm³/mol. The Hall–Kier alpha value is -2.70. The number of carbonyl (C=O) groups excluding carboxylic acids is 2. The van der Waals surface area contributed by atoms with Gasteiger partial charge >= 0.3 is 0 Å². The molecular weight excluding hydrogens is 415 g/mol. The topological polar surface area (TPSA) is 80.5 Å². The monoisotopic (exact) mass is 430 g/mol. The predicted octanol–water partition coefficient (Wildman–Crippen LogP) is 5.43. The fourth-order valence-electron chi connectivity index (χ4n) is 4.04. The molecule has 2 aromatic carbocycles. The third kappa shape index (κ3) is 3.54. The number of amides is 1. The third-order valence-electron chi connectivity index (χ3n) is 5.33. The van der Waals surface area contributed by atoms with E-state index in [0.717, 1.165) is 5.56 Å². The van der Waals surface area contributed by atoms with Gasteiger partial charge in [-0.2, -0.15) is 0 Å². The van der Waals surface area contributed by atoms with Gasteiger partial charge in [0.05, 0.1) is 15.6 Å². The molecule has 0 aromatic heterocycles. The second-order valence-electron chi connectivity index (χ2n) is 7.07. The van der Waals surface area contributed by atoms with Crippen LogP contribution in [0, 0.1) is 10.1 Å². The molecule has 1 heterocycles. The number of halogens is 2. The van der Waals surface area contributed by atoms with E-state index < -0.39 is 4.92 Å². The molecule has 0 saturated heterocycles. The summed E-state index contributed by atoms with van der Waals surface area (Å²) < 4.78 is 0. The maximum Gasteiger partial charge on any atom is 0.271 e. The number of hydrogen-bond acceptors (Lipinski definition) is 4. The van der Waals surface area contributed by atoms with Gasteiger partial charge in [0, 0.05) is 47.2 Å². The molecule has 1 unspecified atom stereocenters. The van der Waals surface area contributed by atoms with Crippen molar-refractivity contribution in [3.05, 3.63) is 79.5 Å². The maximum absolute atomic E-state index is 13.1. The van der Waals surface area contributed by atoms with Gasteiger partial charge in [0.2, 0.25) is 5.91 Å².